The fourth-order valence-electron chi connectivity index (χ4n) is 2.01. The molecule has 0 radical (unpaired) electrons. The minimum Gasteiger partial charge on any atom is -0.461 e. The standard InChI is InChI=1S/C14H17FO/c1-2-3-4-5-7-11-10-16-14-12(11)8-6-9-13(14)15/h6,8-10H,2-5,7H2,1H3. The van der Waals surface area contributed by atoms with E-state index in [4.69, 9.17) is 4.42 Å². The zero-order chi connectivity index (χ0) is 11.4. The molecule has 2 heteroatoms. The highest BCUT2D eigenvalue weighted by atomic mass is 19.1. The van der Waals surface area contributed by atoms with Gasteiger partial charge in [0.15, 0.2) is 11.4 Å². The Morgan fingerprint density at radius 1 is 1.19 bits per heavy atom. The first-order chi connectivity index (χ1) is 7.83. The third-order valence-electron chi connectivity index (χ3n) is 2.93. The van der Waals surface area contributed by atoms with Gasteiger partial charge in [0.1, 0.15) is 0 Å². The van der Waals surface area contributed by atoms with Crippen molar-refractivity contribution in [3.05, 3.63) is 35.8 Å². The van der Waals surface area contributed by atoms with Crippen LogP contribution in [-0.2, 0) is 6.42 Å². The Kier molecular flexibility index (Phi) is 3.60. The van der Waals surface area contributed by atoms with E-state index in [9.17, 15) is 4.39 Å². The summed E-state index contributed by atoms with van der Waals surface area (Å²) in [7, 11) is 0. The number of rotatable bonds is 5. The quantitative estimate of drug-likeness (QED) is 0.666. The smallest absolute Gasteiger partial charge is 0.169 e. The van der Waals surface area contributed by atoms with E-state index < -0.39 is 0 Å². The average molecular weight is 220 g/mol. The number of furan rings is 1. The van der Waals surface area contributed by atoms with Crippen LogP contribution in [0.15, 0.2) is 28.9 Å². The molecule has 2 aromatic rings. The number of benzene rings is 1. The van der Waals surface area contributed by atoms with Gasteiger partial charge in [-0.25, -0.2) is 4.39 Å². The fourth-order valence-corrected chi connectivity index (χ4v) is 2.01. The van der Waals surface area contributed by atoms with Gasteiger partial charge in [-0.1, -0.05) is 38.3 Å². The summed E-state index contributed by atoms with van der Waals surface area (Å²) in [6.45, 7) is 2.20. The lowest BCUT2D eigenvalue weighted by molar-refractivity contribution is 0.557. The van der Waals surface area contributed by atoms with Crippen LogP contribution in [0.5, 0.6) is 0 Å². The van der Waals surface area contributed by atoms with Crippen LogP contribution in [0, 0.1) is 5.82 Å². The van der Waals surface area contributed by atoms with Gasteiger partial charge in [0.25, 0.3) is 0 Å². The molecule has 0 N–H and O–H groups in total. The number of hydrogen-bond donors (Lipinski definition) is 0. The molecule has 86 valence electrons. The summed E-state index contributed by atoms with van der Waals surface area (Å²) < 4.78 is 18.6. The molecule has 0 bridgehead atoms. The normalized spacial score (nSPS) is 11.1. The van der Waals surface area contributed by atoms with Crippen LogP contribution in [0.3, 0.4) is 0 Å². The number of para-hydroxylation sites is 1. The molecule has 1 nitrogen and oxygen atoms in total. The Hall–Kier alpha value is -1.31. The van der Waals surface area contributed by atoms with Crippen molar-refractivity contribution in [2.75, 3.05) is 0 Å². The van der Waals surface area contributed by atoms with E-state index in [2.05, 4.69) is 6.92 Å². The van der Waals surface area contributed by atoms with Crippen molar-refractivity contribution < 1.29 is 8.81 Å². The molecule has 1 aromatic carbocycles. The lowest BCUT2D eigenvalue weighted by Crippen LogP contribution is -1.84. The topological polar surface area (TPSA) is 13.1 Å². The maximum atomic E-state index is 13.3. The van der Waals surface area contributed by atoms with Crippen molar-refractivity contribution >= 4 is 11.0 Å². The largest absolute Gasteiger partial charge is 0.461 e. The number of fused-ring (bicyclic) bond motifs is 1. The first kappa shape index (κ1) is 11.2. The van der Waals surface area contributed by atoms with E-state index in [1.165, 1.54) is 25.3 Å². The summed E-state index contributed by atoms with van der Waals surface area (Å²) in [5.74, 6) is -0.266. The van der Waals surface area contributed by atoms with Gasteiger partial charge >= 0.3 is 0 Å². The molecule has 0 amide bonds. The van der Waals surface area contributed by atoms with Crippen LogP contribution in [0.1, 0.15) is 38.2 Å². The average Bonchev–Trinajstić information content (AvgIpc) is 2.70. The lowest BCUT2D eigenvalue weighted by atomic mass is 10.1. The summed E-state index contributed by atoms with van der Waals surface area (Å²) >= 11 is 0. The Morgan fingerprint density at radius 2 is 2.06 bits per heavy atom. The van der Waals surface area contributed by atoms with Crippen molar-refractivity contribution in [3.8, 4) is 0 Å². The Morgan fingerprint density at radius 3 is 2.88 bits per heavy atom. The number of hydrogen-bond acceptors (Lipinski definition) is 1. The third kappa shape index (κ3) is 2.26. The monoisotopic (exact) mass is 220 g/mol. The maximum Gasteiger partial charge on any atom is 0.169 e. The molecule has 0 atom stereocenters. The Labute approximate surface area is 95.3 Å². The predicted octanol–water partition coefficient (Wildman–Crippen LogP) is 4.69. The van der Waals surface area contributed by atoms with Gasteiger partial charge < -0.3 is 4.42 Å². The Balaban J connectivity index is 2.10. The third-order valence-corrected chi connectivity index (χ3v) is 2.93. The van der Waals surface area contributed by atoms with Crippen molar-refractivity contribution in [3.63, 3.8) is 0 Å². The van der Waals surface area contributed by atoms with Gasteiger partial charge in [0.2, 0.25) is 0 Å². The highest BCUT2D eigenvalue weighted by Crippen LogP contribution is 2.24. The van der Waals surface area contributed by atoms with Gasteiger partial charge in [-0.05, 0) is 24.5 Å². The molecule has 0 saturated heterocycles. The zero-order valence-corrected chi connectivity index (χ0v) is 9.63. The Bertz CT molecular complexity index is 459. The summed E-state index contributed by atoms with van der Waals surface area (Å²) in [6.07, 6.45) is 7.57. The van der Waals surface area contributed by atoms with Crippen LogP contribution < -0.4 is 0 Å². The highest BCUT2D eigenvalue weighted by molar-refractivity contribution is 5.81. The van der Waals surface area contributed by atoms with Gasteiger partial charge in [0, 0.05) is 5.39 Å². The fraction of sp³-hybridized carbons (Fsp3) is 0.429. The number of unbranched alkanes of at least 4 members (excludes halogenated alkanes) is 3. The van der Waals surface area contributed by atoms with Crippen LogP contribution >= 0.6 is 0 Å². The van der Waals surface area contributed by atoms with Crippen molar-refractivity contribution in [2.45, 2.75) is 39.0 Å². The van der Waals surface area contributed by atoms with E-state index in [0.29, 0.717) is 5.58 Å². The zero-order valence-electron chi connectivity index (χ0n) is 9.63. The van der Waals surface area contributed by atoms with E-state index in [0.717, 1.165) is 23.8 Å². The molecule has 2 rings (SSSR count). The first-order valence-electron chi connectivity index (χ1n) is 5.97. The van der Waals surface area contributed by atoms with Crippen molar-refractivity contribution in [1.29, 1.82) is 0 Å². The van der Waals surface area contributed by atoms with Gasteiger partial charge in [-0.3, -0.25) is 0 Å². The van der Waals surface area contributed by atoms with E-state index in [1.54, 1.807) is 12.3 Å². The SMILES string of the molecule is CCCCCCc1coc2c(F)cccc12. The van der Waals surface area contributed by atoms with E-state index in [-0.39, 0.29) is 5.82 Å². The number of halogens is 1. The summed E-state index contributed by atoms with van der Waals surface area (Å²) in [4.78, 5) is 0. The van der Waals surface area contributed by atoms with Gasteiger partial charge in [-0.2, -0.15) is 0 Å². The molecule has 1 aromatic heterocycles. The summed E-state index contributed by atoms with van der Waals surface area (Å²) in [5, 5.41) is 0.927. The van der Waals surface area contributed by atoms with Gasteiger partial charge in [0.05, 0.1) is 6.26 Å². The molecular weight excluding hydrogens is 203 g/mol. The second-order valence-electron chi connectivity index (χ2n) is 4.19. The second kappa shape index (κ2) is 5.15. The highest BCUT2D eigenvalue weighted by Gasteiger charge is 2.08. The molecule has 0 aliphatic carbocycles. The van der Waals surface area contributed by atoms with Crippen LogP contribution in [0.2, 0.25) is 0 Å². The molecule has 0 spiro atoms. The van der Waals surface area contributed by atoms with Crippen molar-refractivity contribution in [2.24, 2.45) is 0 Å². The minimum atomic E-state index is -0.266. The molecule has 0 aliphatic rings. The van der Waals surface area contributed by atoms with E-state index in [1.807, 2.05) is 6.07 Å². The molecule has 1 heterocycles. The van der Waals surface area contributed by atoms with Crippen LogP contribution in [0.4, 0.5) is 4.39 Å². The maximum absolute atomic E-state index is 13.3. The molecule has 0 saturated carbocycles. The number of aryl methyl sites for hydroxylation is 1. The van der Waals surface area contributed by atoms with Gasteiger partial charge in [-0.15, -0.1) is 0 Å². The van der Waals surface area contributed by atoms with E-state index >= 15 is 0 Å². The van der Waals surface area contributed by atoms with Crippen LogP contribution in [-0.4, -0.2) is 0 Å². The second-order valence-corrected chi connectivity index (χ2v) is 4.19. The summed E-state index contributed by atoms with van der Waals surface area (Å²) in [5.41, 5.74) is 1.53. The molecule has 0 unspecified atom stereocenters. The molecule has 16 heavy (non-hydrogen) atoms. The predicted molar refractivity (Wildman–Crippen MR) is 64.0 cm³/mol. The lowest BCUT2D eigenvalue weighted by Gasteiger charge is -1.98. The molecule has 0 aliphatic heterocycles. The van der Waals surface area contributed by atoms with Crippen molar-refractivity contribution in [1.82, 2.24) is 0 Å². The van der Waals surface area contributed by atoms with Crippen LogP contribution in [0.25, 0.3) is 11.0 Å². The summed E-state index contributed by atoms with van der Waals surface area (Å²) in [6, 6.07) is 5.10. The minimum absolute atomic E-state index is 0.266. The molecular formula is C14H17FO. The molecule has 0 fully saturated rings. The first-order valence-corrected chi connectivity index (χ1v) is 5.97.